The minimum Gasteiger partial charge on any atom is -0.494 e. The summed E-state index contributed by atoms with van der Waals surface area (Å²) in [4.78, 5) is 4.67. The maximum atomic E-state index is 5.82. The van der Waals surface area contributed by atoms with Crippen LogP contribution >= 0.6 is 0 Å². The van der Waals surface area contributed by atoms with Gasteiger partial charge < -0.3 is 4.74 Å². The van der Waals surface area contributed by atoms with Gasteiger partial charge in [-0.3, -0.25) is 4.98 Å². The standard InChI is InChI=1S/C26H39NO/c1-3-5-7-9-10-12-24-14-18-25(27-22-24)17-13-23-15-19-26(20-16-23)28-21-11-8-6-4-2/h14-16,18-20,22H,3-13,17,21H2,1-2H3. The number of ether oxygens (including phenoxy) is 1. The van der Waals surface area contributed by atoms with Gasteiger partial charge in [0.2, 0.25) is 0 Å². The SMILES string of the molecule is CCCCCCCc1ccc(CCc2ccc(OCCCCCC)cc2)nc1. The van der Waals surface area contributed by atoms with Gasteiger partial charge >= 0.3 is 0 Å². The third-order valence-corrected chi connectivity index (χ3v) is 5.31. The van der Waals surface area contributed by atoms with Crippen LogP contribution in [0.15, 0.2) is 42.6 Å². The van der Waals surface area contributed by atoms with Gasteiger partial charge in [0.25, 0.3) is 0 Å². The number of pyridine rings is 1. The minimum absolute atomic E-state index is 0.828. The highest BCUT2D eigenvalue weighted by molar-refractivity contribution is 5.28. The first-order valence-electron chi connectivity index (χ1n) is 11.5. The fourth-order valence-electron chi connectivity index (χ4n) is 3.43. The molecular weight excluding hydrogens is 342 g/mol. The summed E-state index contributed by atoms with van der Waals surface area (Å²) in [6.07, 6.45) is 16.9. The number of hydrogen-bond acceptors (Lipinski definition) is 2. The molecule has 0 unspecified atom stereocenters. The van der Waals surface area contributed by atoms with Crippen LogP contribution in [0.1, 0.15) is 88.5 Å². The maximum absolute atomic E-state index is 5.82. The molecule has 0 aliphatic rings. The smallest absolute Gasteiger partial charge is 0.119 e. The Morgan fingerprint density at radius 3 is 2.00 bits per heavy atom. The van der Waals surface area contributed by atoms with Crippen molar-refractivity contribution in [3.05, 3.63) is 59.4 Å². The van der Waals surface area contributed by atoms with E-state index in [0.717, 1.165) is 38.0 Å². The van der Waals surface area contributed by atoms with Gasteiger partial charge in [-0.2, -0.15) is 0 Å². The molecule has 0 aliphatic carbocycles. The minimum atomic E-state index is 0.828. The van der Waals surface area contributed by atoms with E-state index in [1.807, 2.05) is 0 Å². The maximum Gasteiger partial charge on any atom is 0.119 e. The molecule has 0 spiro atoms. The van der Waals surface area contributed by atoms with E-state index in [9.17, 15) is 0 Å². The summed E-state index contributed by atoms with van der Waals surface area (Å²) >= 11 is 0. The lowest BCUT2D eigenvalue weighted by Gasteiger charge is -2.07. The highest BCUT2D eigenvalue weighted by Gasteiger charge is 2.01. The van der Waals surface area contributed by atoms with Crippen LogP contribution in [-0.4, -0.2) is 11.6 Å². The highest BCUT2D eigenvalue weighted by Crippen LogP contribution is 2.15. The molecule has 0 radical (unpaired) electrons. The van der Waals surface area contributed by atoms with Crippen molar-refractivity contribution in [1.29, 1.82) is 0 Å². The molecule has 0 fully saturated rings. The Balaban J connectivity index is 1.66. The van der Waals surface area contributed by atoms with Crippen LogP contribution in [0, 0.1) is 0 Å². The van der Waals surface area contributed by atoms with Gasteiger partial charge in [0.05, 0.1) is 6.61 Å². The fraction of sp³-hybridized carbons (Fsp3) is 0.577. The molecule has 2 aromatic rings. The molecule has 0 N–H and O–H groups in total. The van der Waals surface area contributed by atoms with Crippen LogP contribution in [0.3, 0.4) is 0 Å². The molecular formula is C26H39NO. The lowest BCUT2D eigenvalue weighted by molar-refractivity contribution is 0.305. The summed E-state index contributed by atoms with van der Waals surface area (Å²) in [5.74, 6) is 0.988. The lowest BCUT2D eigenvalue weighted by Crippen LogP contribution is -1.98. The molecule has 2 rings (SSSR count). The molecule has 154 valence electrons. The molecule has 0 saturated carbocycles. The van der Waals surface area contributed by atoms with E-state index in [1.165, 1.54) is 68.2 Å². The number of nitrogens with zero attached hydrogens (tertiary/aromatic N) is 1. The first kappa shape index (κ1) is 22.5. The predicted octanol–water partition coefficient (Wildman–Crippen LogP) is 7.34. The summed E-state index contributed by atoms with van der Waals surface area (Å²) in [6, 6.07) is 13.0. The zero-order chi connectivity index (χ0) is 19.9. The van der Waals surface area contributed by atoms with E-state index in [1.54, 1.807) is 0 Å². The quantitative estimate of drug-likeness (QED) is 0.301. The Morgan fingerprint density at radius 2 is 1.32 bits per heavy atom. The number of aromatic nitrogens is 1. The molecule has 0 amide bonds. The van der Waals surface area contributed by atoms with Crippen LogP contribution in [0.2, 0.25) is 0 Å². The third-order valence-electron chi connectivity index (χ3n) is 5.31. The van der Waals surface area contributed by atoms with Crippen molar-refractivity contribution in [3.8, 4) is 5.75 Å². The zero-order valence-corrected chi connectivity index (χ0v) is 18.1. The van der Waals surface area contributed by atoms with Gasteiger partial charge in [-0.05, 0) is 61.4 Å². The van der Waals surface area contributed by atoms with Crippen molar-refractivity contribution in [3.63, 3.8) is 0 Å². The summed E-state index contributed by atoms with van der Waals surface area (Å²) < 4.78 is 5.82. The lowest BCUT2D eigenvalue weighted by atomic mass is 10.0. The van der Waals surface area contributed by atoms with E-state index in [-0.39, 0.29) is 0 Å². The van der Waals surface area contributed by atoms with Gasteiger partial charge in [-0.15, -0.1) is 0 Å². The molecule has 0 aliphatic heterocycles. The Kier molecular flexibility index (Phi) is 11.4. The number of hydrogen-bond donors (Lipinski definition) is 0. The average molecular weight is 382 g/mol. The van der Waals surface area contributed by atoms with E-state index < -0.39 is 0 Å². The molecule has 2 heteroatoms. The highest BCUT2D eigenvalue weighted by atomic mass is 16.5. The van der Waals surface area contributed by atoms with E-state index in [2.05, 4.69) is 61.4 Å². The van der Waals surface area contributed by atoms with Crippen LogP contribution in [0.4, 0.5) is 0 Å². The summed E-state index contributed by atoms with van der Waals surface area (Å²) in [7, 11) is 0. The summed E-state index contributed by atoms with van der Waals surface area (Å²) in [5.41, 5.74) is 3.91. The molecule has 1 heterocycles. The second kappa shape index (κ2) is 14.2. The van der Waals surface area contributed by atoms with E-state index in [4.69, 9.17) is 4.74 Å². The Bertz CT molecular complexity index is 560. The van der Waals surface area contributed by atoms with Gasteiger partial charge in [-0.25, -0.2) is 0 Å². The van der Waals surface area contributed by atoms with Crippen molar-refractivity contribution in [2.75, 3.05) is 6.61 Å². The number of rotatable bonds is 15. The molecule has 2 nitrogen and oxygen atoms in total. The monoisotopic (exact) mass is 381 g/mol. The molecule has 28 heavy (non-hydrogen) atoms. The van der Waals surface area contributed by atoms with Crippen LogP contribution < -0.4 is 4.74 Å². The number of benzene rings is 1. The zero-order valence-electron chi connectivity index (χ0n) is 18.1. The first-order valence-corrected chi connectivity index (χ1v) is 11.5. The molecule has 0 saturated heterocycles. The molecule has 0 bridgehead atoms. The molecule has 1 aromatic heterocycles. The predicted molar refractivity (Wildman–Crippen MR) is 120 cm³/mol. The Hall–Kier alpha value is -1.83. The Labute approximate surface area is 172 Å². The second-order valence-corrected chi connectivity index (χ2v) is 7.88. The van der Waals surface area contributed by atoms with Crippen molar-refractivity contribution < 1.29 is 4.74 Å². The first-order chi connectivity index (χ1) is 13.8. The third kappa shape index (κ3) is 9.39. The number of unbranched alkanes of at least 4 members (excludes halogenated alkanes) is 7. The van der Waals surface area contributed by atoms with E-state index in [0.29, 0.717) is 0 Å². The largest absolute Gasteiger partial charge is 0.494 e. The van der Waals surface area contributed by atoms with Gasteiger partial charge in [0.1, 0.15) is 5.75 Å². The van der Waals surface area contributed by atoms with Gasteiger partial charge in [0.15, 0.2) is 0 Å². The van der Waals surface area contributed by atoms with Gasteiger partial charge in [-0.1, -0.05) is 77.0 Å². The topological polar surface area (TPSA) is 22.1 Å². The van der Waals surface area contributed by atoms with Crippen LogP contribution in [-0.2, 0) is 19.3 Å². The molecule has 1 aromatic carbocycles. The summed E-state index contributed by atoms with van der Waals surface area (Å²) in [5, 5.41) is 0. The fourth-order valence-corrected chi connectivity index (χ4v) is 3.43. The van der Waals surface area contributed by atoms with Crippen molar-refractivity contribution in [1.82, 2.24) is 4.98 Å². The number of aryl methyl sites for hydroxylation is 3. The van der Waals surface area contributed by atoms with Crippen molar-refractivity contribution >= 4 is 0 Å². The normalized spacial score (nSPS) is 10.9. The Morgan fingerprint density at radius 1 is 0.643 bits per heavy atom. The van der Waals surface area contributed by atoms with Crippen molar-refractivity contribution in [2.24, 2.45) is 0 Å². The van der Waals surface area contributed by atoms with E-state index >= 15 is 0 Å². The second-order valence-electron chi connectivity index (χ2n) is 7.88. The summed E-state index contributed by atoms with van der Waals surface area (Å²) in [6.45, 7) is 5.33. The van der Waals surface area contributed by atoms with Crippen molar-refractivity contribution in [2.45, 2.75) is 90.9 Å². The van der Waals surface area contributed by atoms with Gasteiger partial charge in [0, 0.05) is 11.9 Å². The van der Waals surface area contributed by atoms with Crippen LogP contribution in [0.5, 0.6) is 5.75 Å². The van der Waals surface area contributed by atoms with Crippen LogP contribution in [0.25, 0.3) is 0 Å². The average Bonchev–Trinajstić information content (AvgIpc) is 2.74. The molecule has 0 atom stereocenters.